The van der Waals surface area contributed by atoms with E-state index >= 15 is 0 Å². The first-order valence-corrected chi connectivity index (χ1v) is 11.4. The van der Waals surface area contributed by atoms with Crippen molar-refractivity contribution >= 4 is 29.2 Å². The molecule has 1 heterocycles. The van der Waals surface area contributed by atoms with E-state index in [1.54, 1.807) is 37.5 Å². The molecule has 0 fully saturated rings. The van der Waals surface area contributed by atoms with Crippen molar-refractivity contribution in [2.24, 2.45) is 5.92 Å². The van der Waals surface area contributed by atoms with Gasteiger partial charge in [-0.15, -0.1) is 11.3 Å². The quantitative estimate of drug-likeness (QED) is 0.429. The van der Waals surface area contributed by atoms with Crippen molar-refractivity contribution in [3.05, 3.63) is 93.8 Å². The Hall–Kier alpha value is -3.38. The van der Waals surface area contributed by atoms with Gasteiger partial charge in [0.1, 0.15) is 11.4 Å². The van der Waals surface area contributed by atoms with Crippen molar-refractivity contribution in [3.63, 3.8) is 0 Å². The summed E-state index contributed by atoms with van der Waals surface area (Å²) in [4.78, 5) is 26.9. The van der Waals surface area contributed by atoms with E-state index in [1.807, 2.05) is 47.8 Å². The summed E-state index contributed by atoms with van der Waals surface area (Å²) in [6.07, 6.45) is 2.47. The lowest BCUT2D eigenvalue weighted by Crippen LogP contribution is -2.37. The predicted molar refractivity (Wildman–Crippen MR) is 130 cm³/mol. The average molecular weight is 449 g/mol. The van der Waals surface area contributed by atoms with Crippen molar-refractivity contribution in [2.45, 2.75) is 26.3 Å². The lowest BCUT2D eigenvalue weighted by Gasteiger charge is -2.22. The Balaban J connectivity index is 1.85. The van der Waals surface area contributed by atoms with Gasteiger partial charge in [0.2, 0.25) is 0 Å². The van der Waals surface area contributed by atoms with E-state index in [-0.39, 0.29) is 23.6 Å². The summed E-state index contributed by atoms with van der Waals surface area (Å²) >= 11 is 1.50. The fourth-order valence-corrected chi connectivity index (χ4v) is 3.94. The average Bonchev–Trinajstić information content (AvgIpc) is 3.31. The Morgan fingerprint density at radius 1 is 1.00 bits per heavy atom. The molecule has 0 radical (unpaired) electrons. The van der Waals surface area contributed by atoms with E-state index in [0.717, 1.165) is 22.6 Å². The number of benzene rings is 2. The van der Waals surface area contributed by atoms with Crippen LogP contribution in [0, 0.1) is 5.92 Å². The molecule has 0 aliphatic rings. The van der Waals surface area contributed by atoms with Crippen LogP contribution >= 0.6 is 11.3 Å². The van der Waals surface area contributed by atoms with Gasteiger partial charge in [0.25, 0.3) is 11.8 Å². The van der Waals surface area contributed by atoms with Gasteiger partial charge in [-0.1, -0.05) is 50.2 Å². The summed E-state index contributed by atoms with van der Waals surface area (Å²) in [7, 11) is 1.62. The molecule has 2 aromatic carbocycles. The van der Waals surface area contributed by atoms with Gasteiger partial charge in [-0.25, -0.2) is 0 Å². The van der Waals surface area contributed by atoms with Crippen molar-refractivity contribution in [3.8, 4) is 5.75 Å². The van der Waals surface area contributed by atoms with Gasteiger partial charge in [0, 0.05) is 10.4 Å². The summed E-state index contributed by atoms with van der Waals surface area (Å²) in [5, 5.41) is 7.84. The van der Waals surface area contributed by atoms with Gasteiger partial charge in [0.15, 0.2) is 0 Å². The highest BCUT2D eigenvalue weighted by molar-refractivity contribution is 7.10. The number of thiophene rings is 1. The molecule has 6 heteroatoms. The highest BCUT2D eigenvalue weighted by atomic mass is 32.1. The molecule has 166 valence electrons. The highest BCUT2D eigenvalue weighted by Crippen LogP contribution is 2.24. The third-order valence-electron chi connectivity index (χ3n) is 4.89. The summed E-state index contributed by atoms with van der Waals surface area (Å²) in [5.41, 5.74) is 1.69. The zero-order valence-electron chi connectivity index (χ0n) is 18.5. The Labute approximate surface area is 193 Å². The highest BCUT2D eigenvalue weighted by Gasteiger charge is 2.21. The maximum atomic E-state index is 13.3. The first kappa shape index (κ1) is 23.3. The van der Waals surface area contributed by atoms with Crippen LogP contribution in [0.25, 0.3) is 6.08 Å². The van der Waals surface area contributed by atoms with Crippen LogP contribution in [-0.4, -0.2) is 18.9 Å². The molecule has 32 heavy (non-hydrogen) atoms. The monoisotopic (exact) mass is 448 g/mol. The van der Waals surface area contributed by atoms with Crippen LogP contribution in [0.15, 0.2) is 77.8 Å². The van der Waals surface area contributed by atoms with E-state index in [0.29, 0.717) is 11.5 Å². The molecule has 2 N–H and O–H groups in total. The molecule has 1 aromatic heterocycles. The third-order valence-corrected chi connectivity index (χ3v) is 5.71. The van der Waals surface area contributed by atoms with Crippen molar-refractivity contribution in [1.29, 1.82) is 0 Å². The molecule has 0 aliphatic heterocycles. The number of carbonyl (C=O) groups excluding carboxylic acids is 2. The Kier molecular flexibility index (Phi) is 8.22. The molecule has 0 saturated heterocycles. The van der Waals surface area contributed by atoms with Gasteiger partial charge in [0.05, 0.1) is 13.2 Å². The maximum Gasteiger partial charge on any atom is 0.268 e. The zero-order valence-corrected chi connectivity index (χ0v) is 19.3. The van der Waals surface area contributed by atoms with E-state index < -0.39 is 0 Å². The second-order valence-corrected chi connectivity index (χ2v) is 8.80. The van der Waals surface area contributed by atoms with Crippen molar-refractivity contribution in [2.75, 3.05) is 7.11 Å². The molecule has 2 amide bonds. The van der Waals surface area contributed by atoms with Crippen LogP contribution in [0.3, 0.4) is 0 Å². The number of amides is 2. The predicted octanol–water partition coefficient (Wildman–Crippen LogP) is 5.43. The molecule has 0 saturated carbocycles. The molecule has 0 bridgehead atoms. The fraction of sp³-hybridized carbons (Fsp3) is 0.231. The van der Waals surface area contributed by atoms with E-state index in [4.69, 9.17) is 4.74 Å². The zero-order chi connectivity index (χ0) is 22.9. The van der Waals surface area contributed by atoms with Gasteiger partial charge < -0.3 is 15.4 Å². The minimum Gasteiger partial charge on any atom is -0.497 e. The standard InChI is InChI=1S/C26H28N2O3S/c1-18(2)16-23(19-11-13-21(31-3)14-12-19)27-26(30)24(17-22-10-7-15-32-22)28-25(29)20-8-5-4-6-9-20/h4-15,17-18,23H,16H2,1-3H3,(H,27,30)(H,28,29)/b24-17-/t23-/m0/s1. The number of nitrogens with one attached hydrogen (secondary N) is 2. The second kappa shape index (κ2) is 11.3. The van der Waals surface area contributed by atoms with Gasteiger partial charge in [-0.05, 0) is 59.7 Å². The minimum atomic E-state index is -0.329. The van der Waals surface area contributed by atoms with E-state index in [1.165, 1.54) is 11.3 Å². The molecular weight excluding hydrogens is 420 g/mol. The summed E-state index contributed by atoms with van der Waals surface area (Å²) in [6, 6.07) is 20.2. The first-order valence-electron chi connectivity index (χ1n) is 10.5. The lowest BCUT2D eigenvalue weighted by molar-refractivity contribution is -0.118. The van der Waals surface area contributed by atoms with Crippen molar-refractivity contribution < 1.29 is 14.3 Å². The summed E-state index contributed by atoms with van der Waals surface area (Å²) in [6.45, 7) is 4.23. The number of hydrogen-bond acceptors (Lipinski definition) is 4. The number of carbonyl (C=O) groups is 2. The molecule has 3 rings (SSSR count). The normalized spacial score (nSPS) is 12.3. The topological polar surface area (TPSA) is 67.4 Å². The van der Waals surface area contributed by atoms with Crippen LogP contribution in [0.5, 0.6) is 5.75 Å². The van der Waals surface area contributed by atoms with Gasteiger partial charge in [-0.2, -0.15) is 0 Å². The number of rotatable bonds is 9. The van der Waals surface area contributed by atoms with Crippen molar-refractivity contribution in [1.82, 2.24) is 10.6 Å². The molecule has 3 aromatic rings. The molecule has 0 unspecified atom stereocenters. The Bertz CT molecular complexity index is 1040. The number of hydrogen-bond donors (Lipinski definition) is 2. The summed E-state index contributed by atoms with van der Waals surface area (Å²) in [5.74, 6) is 0.473. The van der Waals surface area contributed by atoms with Crippen LogP contribution in [0.2, 0.25) is 0 Å². The molecule has 5 nitrogen and oxygen atoms in total. The van der Waals surface area contributed by atoms with E-state index in [9.17, 15) is 9.59 Å². The van der Waals surface area contributed by atoms with Gasteiger partial charge in [-0.3, -0.25) is 9.59 Å². The third kappa shape index (κ3) is 6.56. The summed E-state index contributed by atoms with van der Waals surface area (Å²) < 4.78 is 5.25. The minimum absolute atomic E-state index is 0.200. The number of methoxy groups -OCH3 is 1. The van der Waals surface area contributed by atoms with Crippen LogP contribution in [-0.2, 0) is 4.79 Å². The van der Waals surface area contributed by atoms with Gasteiger partial charge >= 0.3 is 0 Å². The Morgan fingerprint density at radius 3 is 2.31 bits per heavy atom. The SMILES string of the molecule is COc1ccc([C@H](CC(C)C)NC(=O)/C(=C/c2cccs2)NC(=O)c2ccccc2)cc1. The van der Waals surface area contributed by atoms with Crippen LogP contribution < -0.4 is 15.4 Å². The van der Waals surface area contributed by atoms with E-state index in [2.05, 4.69) is 24.5 Å². The van der Waals surface area contributed by atoms with Crippen LogP contribution in [0.1, 0.15) is 47.1 Å². The fourth-order valence-electron chi connectivity index (χ4n) is 3.28. The molecular formula is C26H28N2O3S. The second-order valence-electron chi connectivity index (χ2n) is 7.82. The molecule has 1 atom stereocenters. The molecule has 0 spiro atoms. The maximum absolute atomic E-state index is 13.3. The largest absolute Gasteiger partial charge is 0.497 e. The Morgan fingerprint density at radius 2 is 1.72 bits per heavy atom. The van der Waals surface area contributed by atoms with Crippen LogP contribution in [0.4, 0.5) is 0 Å². The molecule has 0 aliphatic carbocycles. The first-order chi connectivity index (χ1) is 15.5. The lowest BCUT2D eigenvalue weighted by atomic mass is 9.96. The smallest absolute Gasteiger partial charge is 0.268 e. The number of ether oxygens (including phenoxy) is 1.